The van der Waals surface area contributed by atoms with Gasteiger partial charge in [0, 0.05) is 35.6 Å². The van der Waals surface area contributed by atoms with Crippen LogP contribution in [0.15, 0.2) is 74.4 Å². The number of nitrogens with zero attached hydrogens (tertiary/aromatic N) is 2. The molecule has 0 amide bonds. The molecule has 2 heterocycles. The molecule has 120 valence electrons. The molecule has 6 heteroatoms. The number of anilines is 2. The Balaban J connectivity index is 0. The van der Waals surface area contributed by atoms with Crippen LogP contribution in [0.1, 0.15) is 0 Å². The van der Waals surface area contributed by atoms with Gasteiger partial charge in [0.1, 0.15) is 0 Å². The van der Waals surface area contributed by atoms with Crippen molar-refractivity contribution in [1.82, 2.24) is 0 Å². The van der Waals surface area contributed by atoms with Crippen molar-refractivity contribution in [2.75, 3.05) is 11.5 Å². The minimum Gasteiger partial charge on any atom is -1.00 e. The topological polar surface area (TPSA) is 59.8 Å². The summed E-state index contributed by atoms with van der Waals surface area (Å²) in [6.45, 7) is 8.92. The fourth-order valence-corrected chi connectivity index (χ4v) is 1.48. The summed E-state index contributed by atoms with van der Waals surface area (Å²) in [5.74, 6) is 0. The first-order valence-electron chi connectivity index (χ1n) is 6.36. The summed E-state index contributed by atoms with van der Waals surface area (Å²) in [5, 5.41) is 0. The van der Waals surface area contributed by atoms with E-state index in [1.54, 1.807) is 0 Å². The summed E-state index contributed by atoms with van der Waals surface area (Å²) in [6.07, 6.45) is 11.4. The maximum atomic E-state index is 5.48. The van der Waals surface area contributed by atoms with Crippen LogP contribution < -0.4 is 54.6 Å². The van der Waals surface area contributed by atoms with Gasteiger partial charge in [-0.25, -0.2) is 9.13 Å². The van der Waals surface area contributed by atoms with Gasteiger partial charge in [-0.15, -0.1) is 0 Å². The first kappa shape index (κ1) is 22.6. The fourth-order valence-electron chi connectivity index (χ4n) is 1.48. The van der Waals surface area contributed by atoms with Crippen LogP contribution in [0.3, 0.4) is 0 Å². The van der Waals surface area contributed by atoms with Crippen LogP contribution in [0.5, 0.6) is 0 Å². The summed E-state index contributed by atoms with van der Waals surface area (Å²) in [4.78, 5) is 0. The molecule has 4 N–H and O–H groups in total. The van der Waals surface area contributed by atoms with E-state index in [0.717, 1.165) is 24.5 Å². The molecule has 0 radical (unpaired) electrons. The van der Waals surface area contributed by atoms with Crippen molar-refractivity contribution in [3.05, 3.63) is 74.4 Å². The van der Waals surface area contributed by atoms with Gasteiger partial charge in [0.2, 0.25) is 0 Å². The van der Waals surface area contributed by atoms with Crippen LogP contribution in [0.2, 0.25) is 0 Å². The number of allylic oxidation sites excluding steroid dienone is 2. The molecular weight excluding hydrogens is 408 g/mol. The molecule has 0 aliphatic carbocycles. The van der Waals surface area contributed by atoms with Crippen molar-refractivity contribution in [3.63, 3.8) is 0 Å². The van der Waals surface area contributed by atoms with Gasteiger partial charge in [0.15, 0.2) is 37.9 Å². The quantitative estimate of drug-likeness (QED) is 0.380. The van der Waals surface area contributed by atoms with Crippen molar-refractivity contribution in [2.24, 2.45) is 0 Å². The summed E-state index contributed by atoms with van der Waals surface area (Å²) in [5.41, 5.74) is 12.6. The Bertz CT molecular complexity index is 488. The SMILES string of the molecule is C=CC[n+]1ccc(N)cc1.C=CC[n+]1ccc(N)cc1.[Br-].[Br-]. The van der Waals surface area contributed by atoms with Crippen LogP contribution in [0.25, 0.3) is 0 Å². The second-order valence-electron chi connectivity index (χ2n) is 4.23. The lowest BCUT2D eigenvalue weighted by atomic mass is 10.4. The highest BCUT2D eigenvalue weighted by molar-refractivity contribution is 5.32. The predicted octanol–water partition coefficient (Wildman–Crippen LogP) is -4.51. The summed E-state index contributed by atoms with van der Waals surface area (Å²) >= 11 is 0. The molecule has 22 heavy (non-hydrogen) atoms. The van der Waals surface area contributed by atoms with Crippen LogP contribution in [0.4, 0.5) is 11.4 Å². The number of aromatic nitrogens is 2. The van der Waals surface area contributed by atoms with E-state index in [1.807, 2.05) is 70.3 Å². The normalized spacial score (nSPS) is 8.36. The van der Waals surface area contributed by atoms with Gasteiger partial charge in [0.05, 0.1) is 0 Å². The molecule has 0 bridgehead atoms. The van der Waals surface area contributed by atoms with E-state index < -0.39 is 0 Å². The Morgan fingerprint density at radius 2 is 1.00 bits per heavy atom. The Morgan fingerprint density at radius 3 is 1.23 bits per heavy atom. The van der Waals surface area contributed by atoms with E-state index in [2.05, 4.69) is 13.2 Å². The van der Waals surface area contributed by atoms with Crippen LogP contribution in [-0.2, 0) is 13.1 Å². The molecule has 0 fully saturated rings. The van der Waals surface area contributed by atoms with Gasteiger partial charge < -0.3 is 45.4 Å². The highest BCUT2D eigenvalue weighted by Gasteiger charge is 1.93. The average Bonchev–Trinajstić information content (AvgIpc) is 2.45. The van der Waals surface area contributed by atoms with Gasteiger partial charge in [-0.1, -0.05) is 13.2 Å². The zero-order valence-electron chi connectivity index (χ0n) is 12.4. The van der Waals surface area contributed by atoms with Crippen molar-refractivity contribution >= 4 is 11.4 Å². The highest BCUT2D eigenvalue weighted by Crippen LogP contribution is 1.93. The zero-order chi connectivity index (χ0) is 14.8. The van der Waals surface area contributed by atoms with Crippen LogP contribution in [0, 0.1) is 0 Å². The van der Waals surface area contributed by atoms with E-state index in [0.29, 0.717) is 0 Å². The second kappa shape index (κ2) is 13.0. The first-order valence-corrected chi connectivity index (χ1v) is 6.36. The number of hydrogen-bond acceptors (Lipinski definition) is 2. The second-order valence-corrected chi connectivity index (χ2v) is 4.23. The lowest BCUT2D eigenvalue weighted by molar-refractivity contribution is -0.687. The molecule has 0 saturated heterocycles. The molecule has 0 aromatic carbocycles. The molecule has 4 nitrogen and oxygen atoms in total. The molecule has 0 unspecified atom stereocenters. The minimum atomic E-state index is 0. The number of hydrogen-bond donors (Lipinski definition) is 2. The third-order valence-corrected chi connectivity index (χ3v) is 2.51. The number of halogens is 2. The minimum absolute atomic E-state index is 0. The van der Waals surface area contributed by atoms with E-state index in [9.17, 15) is 0 Å². The third-order valence-electron chi connectivity index (χ3n) is 2.51. The van der Waals surface area contributed by atoms with Crippen molar-refractivity contribution in [2.45, 2.75) is 13.1 Å². The van der Waals surface area contributed by atoms with Crippen molar-refractivity contribution in [1.29, 1.82) is 0 Å². The van der Waals surface area contributed by atoms with Crippen molar-refractivity contribution in [3.8, 4) is 0 Å². The number of nitrogens with two attached hydrogens (primary N) is 2. The smallest absolute Gasteiger partial charge is 0.171 e. The molecule has 2 rings (SSSR count). The van der Waals surface area contributed by atoms with Gasteiger partial charge in [-0.05, 0) is 12.2 Å². The molecule has 0 atom stereocenters. The van der Waals surface area contributed by atoms with Gasteiger partial charge in [0.25, 0.3) is 0 Å². The van der Waals surface area contributed by atoms with Crippen LogP contribution in [-0.4, -0.2) is 0 Å². The molecule has 0 aliphatic heterocycles. The lowest BCUT2D eigenvalue weighted by Crippen LogP contribution is -3.00. The average molecular weight is 430 g/mol. The Hall–Kier alpha value is -1.66. The molecular formula is C16H22Br2N4. The Kier molecular flexibility index (Phi) is 13.4. The molecule has 2 aromatic heterocycles. The molecule has 0 saturated carbocycles. The Labute approximate surface area is 153 Å². The zero-order valence-corrected chi connectivity index (χ0v) is 15.6. The van der Waals surface area contributed by atoms with E-state index in [4.69, 9.17) is 11.5 Å². The standard InChI is InChI=1S/2C8H10N2.2BrH/c2*1-2-5-10-6-3-8(9)4-7-10;;/h2*2-4,6-7,9H,1,5H2;2*1H. The number of nitrogen functional groups attached to an aromatic ring is 2. The van der Waals surface area contributed by atoms with E-state index in [1.165, 1.54) is 0 Å². The third kappa shape index (κ3) is 9.31. The lowest BCUT2D eigenvalue weighted by Gasteiger charge is -1.90. The molecule has 0 spiro atoms. The van der Waals surface area contributed by atoms with Gasteiger partial charge in [-0.3, -0.25) is 0 Å². The van der Waals surface area contributed by atoms with Gasteiger partial charge >= 0.3 is 0 Å². The number of pyridine rings is 2. The summed E-state index contributed by atoms with van der Waals surface area (Å²) in [6, 6.07) is 7.46. The summed E-state index contributed by atoms with van der Waals surface area (Å²) in [7, 11) is 0. The monoisotopic (exact) mass is 428 g/mol. The van der Waals surface area contributed by atoms with Crippen molar-refractivity contribution < 1.29 is 43.1 Å². The molecule has 2 aromatic rings. The first-order chi connectivity index (χ1) is 9.65. The predicted molar refractivity (Wildman–Crippen MR) is 82.5 cm³/mol. The maximum Gasteiger partial charge on any atom is 0.171 e. The molecule has 0 aliphatic rings. The fraction of sp³-hybridized carbons (Fsp3) is 0.125. The number of rotatable bonds is 4. The van der Waals surface area contributed by atoms with E-state index >= 15 is 0 Å². The largest absolute Gasteiger partial charge is 1.00 e. The van der Waals surface area contributed by atoms with E-state index in [-0.39, 0.29) is 34.0 Å². The maximum absolute atomic E-state index is 5.48. The Morgan fingerprint density at radius 1 is 0.727 bits per heavy atom. The van der Waals surface area contributed by atoms with Gasteiger partial charge in [-0.2, -0.15) is 0 Å². The summed E-state index contributed by atoms with van der Waals surface area (Å²) < 4.78 is 4.01. The highest BCUT2D eigenvalue weighted by atomic mass is 79.9. The van der Waals surface area contributed by atoms with Crippen LogP contribution >= 0.6 is 0 Å².